The van der Waals surface area contributed by atoms with E-state index in [1.54, 1.807) is 63.2 Å². The largest absolute Gasteiger partial charge is 0.493 e. The van der Waals surface area contributed by atoms with Gasteiger partial charge in [0.2, 0.25) is 15.9 Å². The van der Waals surface area contributed by atoms with Gasteiger partial charge < -0.3 is 15.4 Å². The van der Waals surface area contributed by atoms with Crippen LogP contribution in [0.1, 0.15) is 49.7 Å². The molecule has 1 unspecified atom stereocenters. The fraction of sp³-hybridized carbons (Fsp3) is 0.364. The van der Waals surface area contributed by atoms with Crippen LogP contribution in [-0.4, -0.2) is 33.1 Å². The molecule has 31 heavy (non-hydrogen) atoms. The molecule has 0 radical (unpaired) electrons. The molecular weight excluding hydrogens is 418 g/mol. The highest BCUT2D eigenvalue weighted by Gasteiger charge is 2.18. The van der Waals surface area contributed by atoms with Gasteiger partial charge in [-0.2, -0.15) is 0 Å². The summed E-state index contributed by atoms with van der Waals surface area (Å²) < 4.78 is 30.9. The number of sulfonamides is 1. The molecule has 0 aliphatic carbocycles. The van der Waals surface area contributed by atoms with Gasteiger partial charge in [0.15, 0.2) is 0 Å². The van der Waals surface area contributed by atoms with Gasteiger partial charge in [0.1, 0.15) is 5.75 Å². The molecule has 2 aromatic rings. The van der Waals surface area contributed by atoms with Crippen molar-refractivity contribution in [1.29, 1.82) is 0 Å². The van der Waals surface area contributed by atoms with Gasteiger partial charge in [0.25, 0.3) is 5.91 Å². The van der Waals surface area contributed by atoms with Crippen molar-refractivity contribution in [2.24, 2.45) is 5.92 Å². The smallest absolute Gasteiger partial charge is 0.255 e. The van der Waals surface area contributed by atoms with Crippen LogP contribution < -0.4 is 20.1 Å². The number of benzene rings is 2. The standard InChI is InChI=1S/C22H29N3O5S/c1-6-30-20-11-10-17(24-21(26)14(2)3)13-19(20)22(27)23-15(4)16-8-7-9-18(12-16)25-31(5,28)29/h7-15,25H,6H2,1-5H3,(H,23,27)(H,24,26). The first-order valence-corrected chi connectivity index (χ1v) is 11.9. The molecule has 0 aromatic heterocycles. The third-order valence-electron chi connectivity index (χ3n) is 4.35. The lowest BCUT2D eigenvalue weighted by Gasteiger charge is -2.18. The Balaban J connectivity index is 2.25. The Labute approximate surface area is 183 Å². The summed E-state index contributed by atoms with van der Waals surface area (Å²) in [7, 11) is -3.41. The summed E-state index contributed by atoms with van der Waals surface area (Å²) >= 11 is 0. The summed E-state index contributed by atoms with van der Waals surface area (Å²) in [4.78, 5) is 25.0. The zero-order valence-corrected chi connectivity index (χ0v) is 19.2. The monoisotopic (exact) mass is 447 g/mol. The van der Waals surface area contributed by atoms with Crippen molar-refractivity contribution in [1.82, 2.24) is 5.32 Å². The molecule has 0 aliphatic rings. The Hall–Kier alpha value is -3.07. The normalized spacial score (nSPS) is 12.2. The average Bonchev–Trinajstić information content (AvgIpc) is 2.68. The average molecular weight is 448 g/mol. The summed E-state index contributed by atoms with van der Waals surface area (Å²) in [5.74, 6) is -0.323. The van der Waals surface area contributed by atoms with Gasteiger partial charge in [-0.3, -0.25) is 14.3 Å². The first-order valence-electron chi connectivity index (χ1n) is 9.96. The second kappa shape index (κ2) is 10.3. The highest BCUT2D eigenvalue weighted by Crippen LogP contribution is 2.25. The van der Waals surface area contributed by atoms with Gasteiger partial charge in [-0.1, -0.05) is 26.0 Å². The van der Waals surface area contributed by atoms with Crippen LogP contribution in [0, 0.1) is 5.92 Å². The first kappa shape index (κ1) is 24.2. The minimum absolute atomic E-state index is 0.154. The number of nitrogens with one attached hydrogen (secondary N) is 3. The number of anilines is 2. The Morgan fingerprint density at radius 2 is 1.74 bits per heavy atom. The van der Waals surface area contributed by atoms with Crippen LogP contribution >= 0.6 is 0 Å². The lowest BCUT2D eigenvalue weighted by atomic mass is 10.1. The number of rotatable bonds is 9. The fourth-order valence-corrected chi connectivity index (χ4v) is 3.35. The summed E-state index contributed by atoms with van der Waals surface area (Å²) in [5.41, 5.74) is 1.93. The molecule has 0 bridgehead atoms. The maximum Gasteiger partial charge on any atom is 0.255 e. The molecule has 2 rings (SSSR count). The highest BCUT2D eigenvalue weighted by atomic mass is 32.2. The zero-order valence-electron chi connectivity index (χ0n) is 18.4. The van der Waals surface area contributed by atoms with Crippen molar-refractivity contribution in [3.63, 3.8) is 0 Å². The van der Waals surface area contributed by atoms with Gasteiger partial charge in [0, 0.05) is 17.3 Å². The Kier molecular flexibility index (Phi) is 8.04. The number of carbonyl (C=O) groups excluding carboxylic acids is 2. The summed E-state index contributed by atoms with van der Waals surface area (Å²) in [5, 5.41) is 5.68. The molecule has 0 spiro atoms. The van der Waals surface area contributed by atoms with Crippen LogP contribution in [0.5, 0.6) is 5.75 Å². The van der Waals surface area contributed by atoms with Crippen molar-refractivity contribution in [3.8, 4) is 5.75 Å². The van der Waals surface area contributed by atoms with E-state index in [4.69, 9.17) is 4.74 Å². The molecule has 168 valence electrons. The third kappa shape index (κ3) is 7.29. The van der Waals surface area contributed by atoms with E-state index in [0.717, 1.165) is 11.8 Å². The third-order valence-corrected chi connectivity index (χ3v) is 4.96. The number of ether oxygens (including phenoxy) is 1. The van der Waals surface area contributed by atoms with Gasteiger partial charge in [0.05, 0.1) is 24.5 Å². The van der Waals surface area contributed by atoms with Crippen LogP contribution in [0.25, 0.3) is 0 Å². The van der Waals surface area contributed by atoms with E-state index in [0.29, 0.717) is 29.3 Å². The molecule has 0 saturated carbocycles. The Morgan fingerprint density at radius 1 is 1.03 bits per heavy atom. The molecule has 0 saturated heterocycles. The molecule has 2 aromatic carbocycles. The summed E-state index contributed by atoms with van der Waals surface area (Å²) in [6.45, 7) is 7.56. The maximum atomic E-state index is 13.0. The fourth-order valence-electron chi connectivity index (χ4n) is 2.80. The van der Waals surface area contributed by atoms with E-state index >= 15 is 0 Å². The van der Waals surface area contributed by atoms with Crippen LogP contribution in [0.3, 0.4) is 0 Å². The Morgan fingerprint density at radius 3 is 2.35 bits per heavy atom. The number of hydrogen-bond donors (Lipinski definition) is 3. The minimum Gasteiger partial charge on any atom is -0.493 e. The van der Waals surface area contributed by atoms with Gasteiger partial charge in [-0.15, -0.1) is 0 Å². The van der Waals surface area contributed by atoms with E-state index in [1.807, 2.05) is 6.92 Å². The van der Waals surface area contributed by atoms with Crippen LogP contribution in [-0.2, 0) is 14.8 Å². The molecule has 1 atom stereocenters. The van der Waals surface area contributed by atoms with Gasteiger partial charge in [-0.05, 0) is 49.7 Å². The number of amides is 2. The minimum atomic E-state index is -3.41. The lowest BCUT2D eigenvalue weighted by molar-refractivity contribution is -0.118. The van der Waals surface area contributed by atoms with Crippen molar-refractivity contribution < 1.29 is 22.7 Å². The molecule has 2 amide bonds. The van der Waals surface area contributed by atoms with Crippen molar-refractivity contribution >= 4 is 33.2 Å². The van der Waals surface area contributed by atoms with Crippen LogP contribution in [0.4, 0.5) is 11.4 Å². The lowest BCUT2D eigenvalue weighted by Crippen LogP contribution is -2.27. The molecule has 9 heteroatoms. The molecule has 0 aliphatic heterocycles. The number of carbonyl (C=O) groups is 2. The summed E-state index contributed by atoms with van der Waals surface area (Å²) in [6, 6.07) is 11.3. The van der Waals surface area contributed by atoms with E-state index < -0.39 is 16.1 Å². The Bertz CT molecular complexity index is 1050. The topological polar surface area (TPSA) is 114 Å². The second-order valence-corrected chi connectivity index (χ2v) is 9.23. The zero-order chi connectivity index (χ0) is 23.2. The summed E-state index contributed by atoms with van der Waals surface area (Å²) in [6.07, 6.45) is 1.07. The molecular formula is C22H29N3O5S. The van der Waals surface area contributed by atoms with Crippen LogP contribution in [0.2, 0.25) is 0 Å². The molecule has 0 heterocycles. The van der Waals surface area contributed by atoms with E-state index in [9.17, 15) is 18.0 Å². The molecule has 3 N–H and O–H groups in total. The molecule has 0 fully saturated rings. The second-order valence-electron chi connectivity index (χ2n) is 7.48. The quantitative estimate of drug-likeness (QED) is 0.544. The SMILES string of the molecule is CCOc1ccc(NC(=O)C(C)C)cc1C(=O)NC(C)c1cccc(NS(C)(=O)=O)c1. The highest BCUT2D eigenvalue weighted by molar-refractivity contribution is 7.92. The van der Waals surface area contributed by atoms with E-state index in [1.165, 1.54) is 0 Å². The predicted molar refractivity (Wildman–Crippen MR) is 122 cm³/mol. The molecule has 8 nitrogen and oxygen atoms in total. The van der Waals surface area contributed by atoms with Crippen molar-refractivity contribution in [3.05, 3.63) is 53.6 Å². The van der Waals surface area contributed by atoms with Gasteiger partial charge in [-0.25, -0.2) is 8.42 Å². The van der Waals surface area contributed by atoms with E-state index in [-0.39, 0.29) is 17.7 Å². The van der Waals surface area contributed by atoms with Gasteiger partial charge >= 0.3 is 0 Å². The van der Waals surface area contributed by atoms with Crippen molar-refractivity contribution in [2.75, 3.05) is 22.9 Å². The first-order chi connectivity index (χ1) is 14.5. The number of hydrogen-bond acceptors (Lipinski definition) is 5. The van der Waals surface area contributed by atoms with Crippen LogP contribution in [0.15, 0.2) is 42.5 Å². The maximum absolute atomic E-state index is 13.0. The predicted octanol–water partition coefficient (Wildman–Crippen LogP) is 3.54. The van der Waals surface area contributed by atoms with E-state index in [2.05, 4.69) is 15.4 Å². The van der Waals surface area contributed by atoms with Crippen molar-refractivity contribution in [2.45, 2.75) is 33.7 Å².